The average molecular weight is 485 g/mol. The minimum absolute atomic E-state index is 0.00623. The van der Waals surface area contributed by atoms with Crippen molar-refractivity contribution in [2.24, 2.45) is 17.8 Å². The van der Waals surface area contributed by atoms with Gasteiger partial charge in [0.25, 0.3) is 0 Å². The number of ether oxygens (including phenoxy) is 1. The molecule has 0 N–H and O–H groups in total. The highest BCUT2D eigenvalue weighted by Gasteiger charge is 2.31. The largest absolute Gasteiger partial charge is 0.491 e. The topological polar surface area (TPSA) is 9.23 Å². The number of allylic oxidation sites excluding steroid dienone is 1. The van der Waals surface area contributed by atoms with Crippen molar-refractivity contribution in [1.29, 1.82) is 0 Å². The van der Waals surface area contributed by atoms with E-state index in [2.05, 4.69) is 24.3 Å². The molecule has 0 saturated heterocycles. The number of halogens is 3. The van der Waals surface area contributed by atoms with E-state index in [1.54, 1.807) is 25.1 Å². The van der Waals surface area contributed by atoms with Crippen LogP contribution in [-0.4, -0.2) is 13.3 Å². The van der Waals surface area contributed by atoms with Crippen LogP contribution < -0.4 is 4.74 Å². The number of alkyl halides is 1. The highest BCUT2D eigenvalue weighted by molar-refractivity contribution is 5.50. The first kappa shape index (κ1) is 25.9. The molecule has 0 unspecified atom stereocenters. The van der Waals surface area contributed by atoms with Crippen molar-refractivity contribution in [3.05, 3.63) is 70.8 Å². The molecule has 2 aromatic rings. The fourth-order valence-electron chi connectivity index (χ4n) is 6.32. The first-order chi connectivity index (χ1) is 17.1. The van der Waals surface area contributed by atoms with Gasteiger partial charge < -0.3 is 4.74 Å². The Bertz CT molecular complexity index is 952. The van der Waals surface area contributed by atoms with E-state index in [0.29, 0.717) is 30.4 Å². The van der Waals surface area contributed by atoms with E-state index in [9.17, 15) is 13.2 Å². The molecule has 0 bridgehead atoms. The number of hydrogen-bond donors (Lipinski definition) is 0. The molecule has 35 heavy (non-hydrogen) atoms. The van der Waals surface area contributed by atoms with Crippen molar-refractivity contribution >= 4 is 6.08 Å². The molecule has 0 aromatic heterocycles. The first-order valence-electron chi connectivity index (χ1n) is 13.5. The van der Waals surface area contributed by atoms with Crippen molar-refractivity contribution < 1.29 is 17.9 Å². The molecule has 0 spiro atoms. The SMILES string of the molecule is CCOc1ccc(CCC2CCC(C3CCC(c4ccc(C=CCF)cc4)CC3)CC2)c(F)c1F. The number of benzene rings is 2. The summed E-state index contributed by atoms with van der Waals surface area (Å²) >= 11 is 0. The van der Waals surface area contributed by atoms with Gasteiger partial charge in [0.1, 0.15) is 6.67 Å². The van der Waals surface area contributed by atoms with Crippen LogP contribution in [0, 0.1) is 29.4 Å². The predicted molar refractivity (Wildman–Crippen MR) is 137 cm³/mol. The lowest BCUT2D eigenvalue weighted by Gasteiger charge is -2.38. The number of aryl methyl sites for hydroxylation is 1. The number of rotatable bonds is 9. The zero-order valence-electron chi connectivity index (χ0n) is 21.0. The van der Waals surface area contributed by atoms with Crippen LogP contribution >= 0.6 is 0 Å². The second-order valence-corrected chi connectivity index (χ2v) is 10.4. The van der Waals surface area contributed by atoms with Gasteiger partial charge in [-0.05, 0) is 105 Å². The van der Waals surface area contributed by atoms with Crippen LogP contribution in [0.25, 0.3) is 6.08 Å². The van der Waals surface area contributed by atoms with Crippen molar-refractivity contribution in [2.45, 2.75) is 77.0 Å². The van der Waals surface area contributed by atoms with E-state index in [1.165, 1.54) is 56.9 Å². The minimum Gasteiger partial charge on any atom is -0.491 e. The van der Waals surface area contributed by atoms with Gasteiger partial charge in [0.2, 0.25) is 5.82 Å². The normalized spacial score (nSPS) is 25.1. The van der Waals surface area contributed by atoms with Gasteiger partial charge in [-0.25, -0.2) is 8.78 Å². The van der Waals surface area contributed by atoms with Crippen LogP contribution in [0.3, 0.4) is 0 Å². The maximum Gasteiger partial charge on any atom is 0.200 e. The minimum atomic E-state index is -0.853. The Morgan fingerprint density at radius 2 is 1.49 bits per heavy atom. The summed E-state index contributed by atoms with van der Waals surface area (Å²) in [4.78, 5) is 0. The third-order valence-electron chi connectivity index (χ3n) is 8.39. The average Bonchev–Trinajstić information content (AvgIpc) is 2.90. The smallest absolute Gasteiger partial charge is 0.200 e. The Kier molecular flexibility index (Phi) is 9.34. The van der Waals surface area contributed by atoms with Gasteiger partial charge in [-0.2, -0.15) is 4.39 Å². The standard InChI is InChI=1S/C31H39F3O/c1-2-35-29-20-19-28(30(33)31(29)34)14-9-23-7-12-25(13-8-23)27-17-15-26(16-18-27)24-10-5-22(6-11-24)4-3-21-32/h3-6,10-11,19-20,23,25-27H,2,7-9,12-18,21H2,1H3. The Morgan fingerprint density at radius 1 is 0.829 bits per heavy atom. The lowest BCUT2D eigenvalue weighted by atomic mass is 9.68. The lowest BCUT2D eigenvalue weighted by Crippen LogP contribution is -2.25. The van der Waals surface area contributed by atoms with Gasteiger partial charge in [-0.1, -0.05) is 55.3 Å². The van der Waals surface area contributed by atoms with E-state index < -0.39 is 18.3 Å². The molecular formula is C31H39F3O. The highest BCUT2D eigenvalue weighted by Crippen LogP contribution is 2.44. The molecule has 0 radical (unpaired) electrons. The Labute approximate surface area is 208 Å². The van der Waals surface area contributed by atoms with E-state index in [0.717, 1.165) is 23.8 Å². The van der Waals surface area contributed by atoms with Crippen LogP contribution in [-0.2, 0) is 6.42 Å². The molecule has 2 saturated carbocycles. The van der Waals surface area contributed by atoms with Gasteiger partial charge in [-0.3, -0.25) is 0 Å². The number of hydrogen-bond acceptors (Lipinski definition) is 1. The predicted octanol–water partition coefficient (Wildman–Crippen LogP) is 9.06. The maximum atomic E-state index is 14.4. The summed E-state index contributed by atoms with van der Waals surface area (Å²) in [5.41, 5.74) is 2.95. The van der Waals surface area contributed by atoms with E-state index in [1.807, 2.05) is 6.08 Å². The van der Waals surface area contributed by atoms with Gasteiger partial charge >= 0.3 is 0 Å². The summed E-state index contributed by atoms with van der Waals surface area (Å²) in [5.74, 6) is 1.32. The molecule has 190 valence electrons. The van der Waals surface area contributed by atoms with Crippen molar-refractivity contribution in [1.82, 2.24) is 0 Å². The Balaban J connectivity index is 1.20. The van der Waals surface area contributed by atoms with Gasteiger partial charge in [-0.15, -0.1) is 0 Å². The quantitative estimate of drug-likeness (QED) is 0.345. The van der Waals surface area contributed by atoms with Crippen molar-refractivity contribution in [3.63, 3.8) is 0 Å². The Morgan fingerprint density at radius 3 is 2.11 bits per heavy atom. The van der Waals surface area contributed by atoms with Gasteiger partial charge in [0.05, 0.1) is 6.61 Å². The van der Waals surface area contributed by atoms with E-state index >= 15 is 0 Å². The second-order valence-electron chi connectivity index (χ2n) is 10.4. The molecule has 0 amide bonds. The lowest BCUT2D eigenvalue weighted by molar-refractivity contribution is 0.157. The van der Waals surface area contributed by atoms with Crippen LogP contribution in [0.2, 0.25) is 0 Å². The molecule has 2 aromatic carbocycles. The van der Waals surface area contributed by atoms with E-state index in [4.69, 9.17) is 4.74 Å². The van der Waals surface area contributed by atoms with Gasteiger partial charge in [0, 0.05) is 0 Å². The molecule has 2 aliphatic carbocycles. The molecule has 1 nitrogen and oxygen atoms in total. The van der Waals surface area contributed by atoms with Crippen LogP contribution in [0.1, 0.15) is 87.3 Å². The summed E-state index contributed by atoms with van der Waals surface area (Å²) in [6.07, 6.45) is 15.0. The van der Waals surface area contributed by atoms with Crippen LogP contribution in [0.5, 0.6) is 5.75 Å². The molecule has 2 aliphatic rings. The maximum absolute atomic E-state index is 14.4. The zero-order valence-corrected chi connectivity index (χ0v) is 21.0. The third-order valence-corrected chi connectivity index (χ3v) is 8.39. The van der Waals surface area contributed by atoms with Crippen molar-refractivity contribution in [2.75, 3.05) is 13.3 Å². The molecule has 4 heteroatoms. The summed E-state index contributed by atoms with van der Waals surface area (Å²) < 4.78 is 46.0. The fourth-order valence-corrected chi connectivity index (χ4v) is 6.32. The van der Waals surface area contributed by atoms with Crippen LogP contribution in [0.15, 0.2) is 42.5 Å². The summed E-state index contributed by atoms with van der Waals surface area (Å²) in [6, 6.07) is 11.9. The molecule has 0 aliphatic heterocycles. The highest BCUT2D eigenvalue weighted by atomic mass is 19.2. The molecular weight excluding hydrogens is 445 g/mol. The van der Waals surface area contributed by atoms with E-state index in [-0.39, 0.29) is 5.75 Å². The van der Waals surface area contributed by atoms with Crippen LogP contribution in [0.4, 0.5) is 13.2 Å². The molecule has 2 fully saturated rings. The summed E-state index contributed by atoms with van der Waals surface area (Å²) in [7, 11) is 0. The molecule has 0 heterocycles. The van der Waals surface area contributed by atoms with Crippen molar-refractivity contribution in [3.8, 4) is 5.75 Å². The summed E-state index contributed by atoms with van der Waals surface area (Å²) in [6.45, 7) is 1.67. The molecule has 4 rings (SSSR count). The zero-order chi connectivity index (χ0) is 24.6. The van der Waals surface area contributed by atoms with Gasteiger partial charge in [0.15, 0.2) is 11.6 Å². The Hall–Kier alpha value is -2.23. The summed E-state index contributed by atoms with van der Waals surface area (Å²) in [5, 5.41) is 0. The third kappa shape index (κ3) is 6.71. The second kappa shape index (κ2) is 12.6. The fraction of sp³-hybridized carbons (Fsp3) is 0.548. The first-order valence-corrected chi connectivity index (χ1v) is 13.5. The monoisotopic (exact) mass is 484 g/mol. The molecule has 0 atom stereocenters.